The maximum Gasteiger partial charge on any atom is 0.242 e. The third kappa shape index (κ3) is 4.11. The number of fused-ring (bicyclic) bond motifs is 1. The van der Waals surface area contributed by atoms with Crippen molar-refractivity contribution in [2.45, 2.75) is 63.5 Å². The molecule has 3 aliphatic rings. The Morgan fingerprint density at radius 3 is 2.59 bits per heavy atom. The van der Waals surface area contributed by atoms with E-state index in [1.807, 2.05) is 17.0 Å². The Morgan fingerprint density at radius 1 is 1.17 bits per heavy atom. The van der Waals surface area contributed by atoms with Crippen molar-refractivity contribution in [2.24, 2.45) is 0 Å². The first kappa shape index (κ1) is 20.5. The Balaban J connectivity index is 1.59. The minimum absolute atomic E-state index is 0.0606. The van der Waals surface area contributed by atoms with Gasteiger partial charge in [0.2, 0.25) is 5.91 Å². The van der Waals surface area contributed by atoms with E-state index in [2.05, 4.69) is 17.9 Å². The Hall–Kier alpha value is -1.76. The van der Waals surface area contributed by atoms with Crippen molar-refractivity contribution < 1.29 is 17.9 Å². The lowest BCUT2D eigenvalue weighted by molar-refractivity contribution is -0.134. The molecule has 1 aliphatic carbocycles. The first-order valence-corrected chi connectivity index (χ1v) is 12.6. The van der Waals surface area contributed by atoms with Crippen LogP contribution in [0.15, 0.2) is 18.2 Å². The molecule has 0 spiro atoms. The van der Waals surface area contributed by atoms with Crippen molar-refractivity contribution >= 4 is 21.4 Å². The standard InChI is InChI=1S/C22H32N2O4S/c1-16-10-12-23(22-19(16)8-5-9-20(22)28-2)14-21(25)24(17-6-3-4-7-17)18-11-13-29(26,27)15-18/h5,8-9,16-18H,3-4,6-7,10-15H2,1-2H3/t16-,18-/m1/s1. The largest absolute Gasteiger partial charge is 0.495 e. The predicted octanol–water partition coefficient (Wildman–Crippen LogP) is 2.97. The first-order valence-electron chi connectivity index (χ1n) is 10.8. The number of carbonyl (C=O) groups excluding carboxylic acids is 1. The van der Waals surface area contributed by atoms with Crippen LogP contribution in [0.25, 0.3) is 0 Å². The Labute approximate surface area is 174 Å². The normalized spacial score (nSPS) is 26.3. The molecule has 0 bridgehead atoms. The van der Waals surface area contributed by atoms with Gasteiger partial charge in [0.1, 0.15) is 5.75 Å². The van der Waals surface area contributed by atoms with E-state index in [0.29, 0.717) is 12.3 Å². The van der Waals surface area contributed by atoms with Gasteiger partial charge in [-0.05, 0) is 43.2 Å². The number of hydrogen-bond acceptors (Lipinski definition) is 5. The third-order valence-electron chi connectivity index (χ3n) is 6.86. The van der Waals surface area contributed by atoms with E-state index in [9.17, 15) is 13.2 Å². The molecule has 0 aromatic heterocycles. The van der Waals surface area contributed by atoms with Gasteiger partial charge in [0.15, 0.2) is 9.84 Å². The number of amides is 1. The Morgan fingerprint density at radius 2 is 1.93 bits per heavy atom. The lowest BCUT2D eigenvalue weighted by atomic mass is 9.91. The number of anilines is 1. The average molecular weight is 421 g/mol. The summed E-state index contributed by atoms with van der Waals surface area (Å²) in [6.07, 6.45) is 5.77. The summed E-state index contributed by atoms with van der Waals surface area (Å²) in [6, 6.07) is 6.09. The van der Waals surface area contributed by atoms with Crippen LogP contribution in [0.1, 0.15) is 56.9 Å². The molecule has 160 valence electrons. The van der Waals surface area contributed by atoms with Gasteiger partial charge in [-0.2, -0.15) is 0 Å². The molecule has 1 aromatic rings. The number of methoxy groups -OCH3 is 1. The second-order valence-electron chi connectivity index (χ2n) is 8.81. The van der Waals surface area contributed by atoms with Crippen LogP contribution in [-0.4, -0.2) is 63.0 Å². The smallest absolute Gasteiger partial charge is 0.242 e. The van der Waals surface area contributed by atoms with Crippen LogP contribution in [0.5, 0.6) is 5.75 Å². The number of benzene rings is 1. The number of nitrogens with zero attached hydrogens (tertiary/aromatic N) is 2. The molecule has 1 saturated heterocycles. The Bertz CT molecular complexity index is 864. The highest BCUT2D eigenvalue weighted by molar-refractivity contribution is 7.91. The fraction of sp³-hybridized carbons (Fsp3) is 0.682. The zero-order valence-corrected chi connectivity index (χ0v) is 18.3. The minimum Gasteiger partial charge on any atom is -0.495 e. The van der Waals surface area contributed by atoms with Crippen molar-refractivity contribution in [3.8, 4) is 5.75 Å². The SMILES string of the molecule is COc1cccc2c1N(CC(=O)N(C1CCCC1)[C@@H]1CCS(=O)(=O)C1)CC[C@H]2C. The van der Waals surface area contributed by atoms with Crippen molar-refractivity contribution in [1.82, 2.24) is 4.90 Å². The number of hydrogen-bond donors (Lipinski definition) is 0. The number of ether oxygens (including phenoxy) is 1. The van der Waals surface area contributed by atoms with Crippen molar-refractivity contribution in [2.75, 3.05) is 36.6 Å². The highest BCUT2D eigenvalue weighted by atomic mass is 32.2. The van der Waals surface area contributed by atoms with Crippen LogP contribution in [0.3, 0.4) is 0 Å². The van der Waals surface area contributed by atoms with Gasteiger partial charge >= 0.3 is 0 Å². The van der Waals surface area contributed by atoms with Gasteiger partial charge in [-0.3, -0.25) is 4.79 Å². The van der Waals surface area contributed by atoms with Crippen LogP contribution in [0, 0.1) is 0 Å². The molecule has 1 amide bonds. The van der Waals surface area contributed by atoms with Crippen LogP contribution in [0.4, 0.5) is 5.69 Å². The molecule has 2 fully saturated rings. The van der Waals surface area contributed by atoms with Gasteiger partial charge in [-0.1, -0.05) is 31.9 Å². The maximum atomic E-state index is 13.5. The van der Waals surface area contributed by atoms with E-state index in [0.717, 1.165) is 50.1 Å². The molecule has 0 radical (unpaired) electrons. The predicted molar refractivity (Wildman–Crippen MR) is 114 cm³/mol. The minimum atomic E-state index is -3.03. The molecule has 7 heteroatoms. The van der Waals surface area contributed by atoms with Gasteiger partial charge in [0.05, 0.1) is 30.8 Å². The highest BCUT2D eigenvalue weighted by Gasteiger charge is 2.40. The zero-order valence-electron chi connectivity index (χ0n) is 17.5. The van der Waals surface area contributed by atoms with Crippen molar-refractivity contribution in [1.29, 1.82) is 0 Å². The van der Waals surface area contributed by atoms with Crippen molar-refractivity contribution in [3.63, 3.8) is 0 Å². The molecule has 0 N–H and O–H groups in total. The van der Waals surface area contributed by atoms with Crippen LogP contribution in [0.2, 0.25) is 0 Å². The summed E-state index contributed by atoms with van der Waals surface area (Å²) in [5, 5.41) is 0. The maximum absolute atomic E-state index is 13.5. The van der Waals surface area contributed by atoms with Crippen molar-refractivity contribution in [3.05, 3.63) is 23.8 Å². The van der Waals surface area contributed by atoms with Gasteiger partial charge in [0, 0.05) is 18.6 Å². The van der Waals surface area contributed by atoms with E-state index in [1.165, 1.54) is 5.56 Å². The topological polar surface area (TPSA) is 66.9 Å². The summed E-state index contributed by atoms with van der Waals surface area (Å²) >= 11 is 0. The lowest BCUT2D eigenvalue weighted by Crippen LogP contribution is -2.51. The molecule has 2 atom stereocenters. The van der Waals surface area contributed by atoms with Gasteiger partial charge in [0.25, 0.3) is 0 Å². The van der Waals surface area contributed by atoms with E-state index >= 15 is 0 Å². The summed E-state index contributed by atoms with van der Waals surface area (Å²) in [6.45, 7) is 3.31. The van der Waals surface area contributed by atoms with E-state index in [-0.39, 0.29) is 36.0 Å². The van der Waals surface area contributed by atoms with Gasteiger partial charge < -0.3 is 14.5 Å². The molecular weight excluding hydrogens is 388 g/mol. The van der Waals surface area contributed by atoms with Crippen LogP contribution in [-0.2, 0) is 14.6 Å². The quantitative estimate of drug-likeness (QED) is 0.733. The highest BCUT2D eigenvalue weighted by Crippen LogP contribution is 2.41. The lowest BCUT2D eigenvalue weighted by Gasteiger charge is -2.39. The summed E-state index contributed by atoms with van der Waals surface area (Å²) in [7, 11) is -1.36. The second kappa shape index (κ2) is 8.17. The number of carbonyl (C=O) groups is 1. The molecule has 2 heterocycles. The molecule has 0 unspecified atom stereocenters. The molecule has 1 aromatic carbocycles. The van der Waals surface area contributed by atoms with Crippen LogP contribution < -0.4 is 9.64 Å². The van der Waals surface area contributed by atoms with Gasteiger partial charge in [-0.15, -0.1) is 0 Å². The fourth-order valence-electron chi connectivity index (χ4n) is 5.34. The number of para-hydroxylation sites is 1. The fourth-order valence-corrected chi connectivity index (χ4v) is 7.05. The summed E-state index contributed by atoms with van der Waals surface area (Å²) in [4.78, 5) is 17.6. The zero-order chi connectivity index (χ0) is 20.6. The van der Waals surface area contributed by atoms with E-state index in [4.69, 9.17) is 4.74 Å². The van der Waals surface area contributed by atoms with E-state index in [1.54, 1.807) is 7.11 Å². The first-order chi connectivity index (χ1) is 13.9. The van der Waals surface area contributed by atoms with E-state index < -0.39 is 9.84 Å². The third-order valence-corrected chi connectivity index (χ3v) is 8.61. The summed E-state index contributed by atoms with van der Waals surface area (Å²) in [5.41, 5.74) is 2.24. The van der Waals surface area contributed by atoms with Gasteiger partial charge in [-0.25, -0.2) is 8.42 Å². The molecule has 2 aliphatic heterocycles. The summed E-state index contributed by atoms with van der Waals surface area (Å²) in [5.74, 6) is 1.61. The average Bonchev–Trinajstić information content (AvgIpc) is 3.34. The molecule has 4 rings (SSSR count). The number of sulfone groups is 1. The second-order valence-corrected chi connectivity index (χ2v) is 11.0. The number of rotatable bonds is 5. The monoisotopic (exact) mass is 420 g/mol. The Kier molecular flexibility index (Phi) is 5.78. The summed E-state index contributed by atoms with van der Waals surface area (Å²) < 4.78 is 29.8. The molecular formula is C22H32N2O4S. The molecule has 1 saturated carbocycles. The molecule has 29 heavy (non-hydrogen) atoms. The van der Waals surface area contributed by atoms with Crippen LogP contribution >= 0.6 is 0 Å². The molecule has 6 nitrogen and oxygen atoms in total.